The molecule has 6 heteroatoms. The molecule has 0 radical (unpaired) electrons. The number of nitrogens with one attached hydrogen (secondary N) is 1. The average Bonchev–Trinajstić information content (AvgIpc) is 3.16. The summed E-state index contributed by atoms with van der Waals surface area (Å²) in [5.41, 5.74) is 5.97. The van der Waals surface area contributed by atoms with Gasteiger partial charge in [-0.3, -0.25) is 9.69 Å². The lowest BCUT2D eigenvalue weighted by Gasteiger charge is -2.37. The number of carbonyl (C=O) groups is 1. The second-order valence-electron chi connectivity index (χ2n) is 11.7. The third-order valence-electron chi connectivity index (χ3n) is 8.52. The fourth-order valence-corrected chi connectivity index (χ4v) is 5.69. The number of nitrogens with zero attached hydrogens (tertiary/aromatic N) is 1. The molecule has 0 unspecified atom stereocenters. The van der Waals surface area contributed by atoms with Crippen molar-refractivity contribution in [3.63, 3.8) is 0 Å². The van der Waals surface area contributed by atoms with Gasteiger partial charge in [-0.15, -0.1) is 0 Å². The minimum Gasteiger partial charge on any atom is -0.493 e. The third kappa shape index (κ3) is 10.6. The van der Waals surface area contributed by atoms with Crippen LogP contribution in [0.3, 0.4) is 0 Å². The van der Waals surface area contributed by atoms with E-state index >= 15 is 0 Å². The molecule has 0 aliphatic heterocycles. The van der Waals surface area contributed by atoms with E-state index in [0.29, 0.717) is 24.1 Å². The highest BCUT2D eigenvalue weighted by atomic mass is 16.5. The highest BCUT2D eigenvalue weighted by Crippen LogP contribution is 2.38. The Labute approximate surface area is 286 Å². The molecule has 3 atom stereocenters. The summed E-state index contributed by atoms with van der Waals surface area (Å²) in [6.07, 6.45) is 0.218. The lowest BCUT2D eigenvalue weighted by atomic mass is 9.96. The molecule has 5 rings (SSSR count). The number of esters is 1. The summed E-state index contributed by atoms with van der Waals surface area (Å²) in [5.74, 6) is 1.02. The second-order valence-corrected chi connectivity index (χ2v) is 11.7. The van der Waals surface area contributed by atoms with E-state index in [1.165, 1.54) is 29.4 Å². The Hall–Kier alpha value is -4.91. The zero-order valence-corrected chi connectivity index (χ0v) is 28.7. The first-order valence-corrected chi connectivity index (χ1v) is 16.4. The van der Waals surface area contributed by atoms with Crippen LogP contribution in [0.4, 0.5) is 0 Å². The van der Waals surface area contributed by atoms with Crippen LogP contribution < -0.4 is 14.8 Å². The molecule has 1 N–H and O–H groups in total. The van der Waals surface area contributed by atoms with E-state index in [9.17, 15) is 4.79 Å². The van der Waals surface area contributed by atoms with Crippen LogP contribution in [0.15, 0.2) is 140 Å². The largest absolute Gasteiger partial charge is 0.493 e. The minimum atomic E-state index is -0.261. The van der Waals surface area contributed by atoms with Gasteiger partial charge in [-0.1, -0.05) is 127 Å². The minimum absolute atomic E-state index is 0.0548. The molecule has 0 saturated carbocycles. The molecule has 0 aliphatic carbocycles. The van der Waals surface area contributed by atoms with Crippen LogP contribution in [-0.4, -0.2) is 32.2 Å². The van der Waals surface area contributed by atoms with E-state index in [1.807, 2.05) is 66.7 Å². The number of hydrogen-bond donors (Lipinski definition) is 1. The molecule has 6 nitrogen and oxygen atoms in total. The van der Waals surface area contributed by atoms with Crippen molar-refractivity contribution in [1.82, 2.24) is 10.2 Å². The first-order chi connectivity index (χ1) is 23.4. The lowest BCUT2D eigenvalue weighted by molar-refractivity contribution is -0.142. The summed E-state index contributed by atoms with van der Waals surface area (Å²) in [7, 11) is 4.66. The smallest absolute Gasteiger partial charge is 0.307 e. The van der Waals surface area contributed by atoms with Crippen molar-refractivity contribution in [1.29, 1.82) is 0 Å². The number of benzene rings is 5. The SMILES string of the molecule is COC(=O)C[C@@H](c1ccc(OC)c(OC)c1)N(Cc1ccccc1)[C@H](C)c1ccccc1.C[C@@H](NCc1ccccc1)c1ccccc1. The van der Waals surface area contributed by atoms with Crippen LogP contribution in [-0.2, 0) is 22.6 Å². The Balaban J connectivity index is 0.000000271. The van der Waals surface area contributed by atoms with E-state index in [2.05, 4.69) is 96.9 Å². The van der Waals surface area contributed by atoms with Gasteiger partial charge in [0.1, 0.15) is 0 Å². The average molecular weight is 645 g/mol. The van der Waals surface area contributed by atoms with E-state index in [1.54, 1.807) is 14.2 Å². The molecule has 0 bridgehead atoms. The van der Waals surface area contributed by atoms with Gasteiger partial charge in [0.25, 0.3) is 0 Å². The van der Waals surface area contributed by atoms with Crippen LogP contribution in [0.2, 0.25) is 0 Å². The van der Waals surface area contributed by atoms with Gasteiger partial charge in [0.05, 0.1) is 27.8 Å². The van der Waals surface area contributed by atoms with Crippen molar-refractivity contribution in [3.8, 4) is 11.5 Å². The van der Waals surface area contributed by atoms with Gasteiger partial charge in [-0.05, 0) is 53.8 Å². The zero-order valence-electron chi connectivity index (χ0n) is 28.7. The monoisotopic (exact) mass is 644 g/mol. The topological polar surface area (TPSA) is 60.0 Å². The maximum Gasteiger partial charge on any atom is 0.307 e. The summed E-state index contributed by atoms with van der Waals surface area (Å²) in [5, 5.41) is 3.52. The molecule has 5 aromatic carbocycles. The summed E-state index contributed by atoms with van der Waals surface area (Å²) in [6, 6.07) is 47.7. The van der Waals surface area contributed by atoms with E-state index in [4.69, 9.17) is 14.2 Å². The Bertz CT molecular complexity index is 1630. The molecule has 0 aliphatic rings. The molecule has 0 heterocycles. The van der Waals surface area contributed by atoms with Crippen LogP contribution in [0.1, 0.15) is 66.2 Å². The zero-order chi connectivity index (χ0) is 34.1. The number of methoxy groups -OCH3 is 3. The van der Waals surface area contributed by atoms with Gasteiger partial charge in [0, 0.05) is 31.2 Å². The summed E-state index contributed by atoms with van der Waals surface area (Å²) >= 11 is 0. The maximum absolute atomic E-state index is 12.5. The molecule has 5 aromatic rings. The van der Waals surface area contributed by atoms with Gasteiger partial charge >= 0.3 is 5.97 Å². The van der Waals surface area contributed by atoms with Crippen LogP contribution in [0.5, 0.6) is 11.5 Å². The van der Waals surface area contributed by atoms with Crippen molar-refractivity contribution in [2.75, 3.05) is 21.3 Å². The predicted molar refractivity (Wildman–Crippen MR) is 194 cm³/mol. The van der Waals surface area contributed by atoms with Crippen molar-refractivity contribution < 1.29 is 19.0 Å². The number of rotatable bonds is 14. The summed E-state index contributed by atoms with van der Waals surface area (Å²) < 4.78 is 16.0. The number of ether oxygens (including phenoxy) is 3. The first kappa shape index (κ1) is 35.9. The van der Waals surface area contributed by atoms with Gasteiger partial charge in [-0.2, -0.15) is 0 Å². The van der Waals surface area contributed by atoms with E-state index in [-0.39, 0.29) is 24.5 Å². The van der Waals surface area contributed by atoms with Crippen molar-refractivity contribution in [2.45, 2.75) is 51.5 Å². The molecule has 0 saturated heterocycles. The van der Waals surface area contributed by atoms with Gasteiger partial charge in [0.2, 0.25) is 0 Å². The molecule has 0 fully saturated rings. The Morgan fingerprint density at radius 3 is 1.69 bits per heavy atom. The van der Waals surface area contributed by atoms with E-state index < -0.39 is 0 Å². The van der Waals surface area contributed by atoms with E-state index in [0.717, 1.165) is 12.1 Å². The van der Waals surface area contributed by atoms with Crippen molar-refractivity contribution in [3.05, 3.63) is 167 Å². The fraction of sp³-hybridized carbons (Fsp3) is 0.262. The summed E-state index contributed by atoms with van der Waals surface area (Å²) in [6.45, 7) is 5.95. The molecule has 250 valence electrons. The van der Waals surface area contributed by atoms with Crippen LogP contribution in [0, 0.1) is 0 Å². The molecule has 0 spiro atoms. The highest BCUT2D eigenvalue weighted by molar-refractivity contribution is 5.70. The van der Waals surface area contributed by atoms with Crippen LogP contribution in [0.25, 0.3) is 0 Å². The van der Waals surface area contributed by atoms with Crippen LogP contribution >= 0.6 is 0 Å². The number of hydrogen-bond acceptors (Lipinski definition) is 6. The first-order valence-electron chi connectivity index (χ1n) is 16.4. The third-order valence-corrected chi connectivity index (χ3v) is 8.52. The van der Waals surface area contributed by atoms with Gasteiger partial charge in [0.15, 0.2) is 11.5 Å². The quantitative estimate of drug-likeness (QED) is 0.122. The Kier molecular flexibility index (Phi) is 14.3. The molecular formula is C42H48N2O4. The Morgan fingerprint density at radius 2 is 1.15 bits per heavy atom. The predicted octanol–water partition coefficient (Wildman–Crippen LogP) is 9.11. The maximum atomic E-state index is 12.5. The van der Waals surface area contributed by atoms with Crippen molar-refractivity contribution in [2.24, 2.45) is 0 Å². The van der Waals surface area contributed by atoms with Gasteiger partial charge < -0.3 is 19.5 Å². The Morgan fingerprint density at radius 1 is 0.625 bits per heavy atom. The molecular weight excluding hydrogens is 596 g/mol. The normalized spacial score (nSPS) is 12.6. The summed E-state index contributed by atoms with van der Waals surface area (Å²) in [4.78, 5) is 14.8. The standard InChI is InChI=1S/C27H31NO4.C15H17N/c1-20(22-13-9-6-10-14-22)28(19-21-11-7-5-8-12-21)24(18-27(29)32-4)23-15-16-25(30-2)26(17-23)31-3;1-13(15-10-6-3-7-11-15)16-12-14-8-4-2-5-9-14/h5-17,20,24H,18-19H2,1-4H3;2-11,13,16H,12H2,1H3/t20-,24+;13-/m11/s1. The second kappa shape index (κ2) is 19.0. The molecule has 0 amide bonds. The highest BCUT2D eigenvalue weighted by Gasteiger charge is 2.29. The molecule has 0 aromatic heterocycles. The number of carbonyl (C=O) groups excluding carboxylic acids is 1. The fourth-order valence-electron chi connectivity index (χ4n) is 5.69. The van der Waals surface area contributed by atoms with Gasteiger partial charge in [-0.25, -0.2) is 0 Å². The lowest BCUT2D eigenvalue weighted by Crippen LogP contribution is -2.33. The van der Waals surface area contributed by atoms with Crippen molar-refractivity contribution >= 4 is 5.97 Å². The molecule has 48 heavy (non-hydrogen) atoms.